The number of ether oxygens (including phenoxy) is 1. The van der Waals surface area contributed by atoms with Gasteiger partial charge in [0.05, 0.1) is 7.11 Å². The fourth-order valence-corrected chi connectivity index (χ4v) is 1.46. The molecule has 0 spiro atoms. The lowest BCUT2D eigenvalue weighted by Crippen LogP contribution is -2.08. The molecule has 1 aromatic rings. The summed E-state index contributed by atoms with van der Waals surface area (Å²) in [5.41, 5.74) is 1.61. The molecule has 0 amide bonds. The molecule has 1 aromatic heterocycles. The maximum atomic E-state index is 11.3. The number of carbonyl (C=O) groups excluding carboxylic acids is 1. The Balaban J connectivity index is 2.92. The molecule has 0 radical (unpaired) electrons. The second-order valence-electron chi connectivity index (χ2n) is 3.63. The van der Waals surface area contributed by atoms with Crippen LogP contribution < -0.4 is 5.32 Å². The smallest absolute Gasteiger partial charge is 0.341 e. The van der Waals surface area contributed by atoms with E-state index in [0.29, 0.717) is 17.1 Å². The van der Waals surface area contributed by atoms with Crippen LogP contribution in [0.25, 0.3) is 6.08 Å². The van der Waals surface area contributed by atoms with E-state index >= 15 is 0 Å². The third-order valence-electron chi connectivity index (χ3n) is 2.19. The fourth-order valence-electron chi connectivity index (χ4n) is 1.46. The number of hydrogen-bond donors (Lipinski definition) is 1. The second kappa shape index (κ2) is 5.51. The van der Waals surface area contributed by atoms with Crippen molar-refractivity contribution < 1.29 is 13.9 Å². The molecule has 0 fully saturated rings. The van der Waals surface area contributed by atoms with Crippen molar-refractivity contribution in [2.45, 2.75) is 13.8 Å². The van der Waals surface area contributed by atoms with Crippen molar-refractivity contribution in [3.63, 3.8) is 0 Å². The molecule has 1 rings (SSSR count). The van der Waals surface area contributed by atoms with Crippen molar-refractivity contribution in [3.05, 3.63) is 28.7 Å². The van der Waals surface area contributed by atoms with Crippen molar-refractivity contribution in [2.24, 2.45) is 0 Å². The molecule has 0 bridgehead atoms. The largest absolute Gasteiger partial charge is 0.465 e. The first-order valence-corrected chi connectivity index (χ1v) is 5.09. The van der Waals surface area contributed by atoms with E-state index in [4.69, 9.17) is 4.42 Å². The zero-order valence-corrected chi connectivity index (χ0v) is 10.1. The molecule has 0 saturated heterocycles. The van der Waals surface area contributed by atoms with Crippen LogP contribution in [0.1, 0.15) is 28.8 Å². The Kier molecular flexibility index (Phi) is 4.31. The molecule has 0 saturated carbocycles. The number of rotatable bonds is 4. The highest BCUT2D eigenvalue weighted by atomic mass is 16.5. The average molecular weight is 223 g/mol. The van der Waals surface area contributed by atoms with Crippen LogP contribution in [0, 0.1) is 6.92 Å². The van der Waals surface area contributed by atoms with Crippen LogP contribution >= 0.6 is 0 Å². The summed E-state index contributed by atoms with van der Waals surface area (Å²) < 4.78 is 10.1. The number of esters is 1. The van der Waals surface area contributed by atoms with Gasteiger partial charge in [0.2, 0.25) is 0 Å². The lowest BCUT2D eigenvalue weighted by molar-refractivity contribution is 0.0599. The highest BCUT2D eigenvalue weighted by Crippen LogP contribution is 2.17. The van der Waals surface area contributed by atoms with Crippen molar-refractivity contribution in [3.8, 4) is 0 Å². The van der Waals surface area contributed by atoms with Crippen LogP contribution in [0.15, 0.2) is 16.1 Å². The Morgan fingerprint density at radius 1 is 1.62 bits per heavy atom. The average Bonchev–Trinajstić information content (AvgIpc) is 2.58. The number of furan rings is 1. The van der Waals surface area contributed by atoms with Crippen LogP contribution in [-0.2, 0) is 4.74 Å². The minimum Gasteiger partial charge on any atom is -0.465 e. The molecule has 0 aliphatic rings. The Labute approximate surface area is 95.3 Å². The predicted molar refractivity (Wildman–Crippen MR) is 62.4 cm³/mol. The summed E-state index contributed by atoms with van der Waals surface area (Å²) in [5.74, 6) is 0.883. The van der Waals surface area contributed by atoms with E-state index < -0.39 is 0 Å². The predicted octanol–water partition coefficient (Wildman–Crippen LogP) is 2.00. The van der Waals surface area contributed by atoms with Gasteiger partial charge in [-0.3, -0.25) is 0 Å². The number of hydrogen-bond acceptors (Lipinski definition) is 4. The summed E-state index contributed by atoms with van der Waals surface area (Å²) in [6, 6.07) is 1.69. The lowest BCUT2D eigenvalue weighted by atomic mass is 10.2. The molecule has 1 heterocycles. The van der Waals surface area contributed by atoms with Gasteiger partial charge in [-0.05, 0) is 33.0 Å². The standard InChI is InChI=1S/C12H17NO3/c1-8(7-13-3)5-10-6-11(9(2)16-10)12(14)15-4/h5-6,13H,7H2,1-4H3. The minimum atomic E-state index is -0.368. The summed E-state index contributed by atoms with van der Waals surface area (Å²) in [4.78, 5) is 11.3. The molecule has 0 atom stereocenters. The molecule has 1 N–H and O–H groups in total. The Hall–Kier alpha value is -1.55. The number of carbonyl (C=O) groups is 1. The Morgan fingerprint density at radius 2 is 2.31 bits per heavy atom. The third-order valence-corrected chi connectivity index (χ3v) is 2.19. The summed E-state index contributed by atoms with van der Waals surface area (Å²) in [6.45, 7) is 4.52. The molecular weight excluding hydrogens is 206 g/mol. The van der Waals surface area contributed by atoms with E-state index in [1.807, 2.05) is 20.0 Å². The van der Waals surface area contributed by atoms with E-state index in [0.717, 1.165) is 12.1 Å². The molecule has 16 heavy (non-hydrogen) atoms. The van der Waals surface area contributed by atoms with Gasteiger partial charge in [0, 0.05) is 6.54 Å². The van der Waals surface area contributed by atoms with E-state index in [1.165, 1.54) is 7.11 Å². The lowest BCUT2D eigenvalue weighted by Gasteiger charge is -1.96. The highest BCUT2D eigenvalue weighted by molar-refractivity contribution is 5.91. The molecule has 0 aliphatic carbocycles. The van der Waals surface area contributed by atoms with E-state index in [2.05, 4.69) is 10.1 Å². The number of likely N-dealkylation sites (N-methyl/N-ethyl adjacent to an activating group) is 1. The van der Waals surface area contributed by atoms with E-state index in [-0.39, 0.29) is 5.97 Å². The zero-order valence-electron chi connectivity index (χ0n) is 10.1. The van der Waals surface area contributed by atoms with Crippen molar-refractivity contribution in [2.75, 3.05) is 20.7 Å². The van der Waals surface area contributed by atoms with Gasteiger partial charge in [0.1, 0.15) is 17.1 Å². The van der Waals surface area contributed by atoms with Crippen LogP contribution in [0.3, 0.4) is 0 Å². The van der Waals surface area contributed by atoms with Gasteiger partial charge >= 0.3 is 5.97 Å². The number of nitrogens with one attached hydrogen (secondary N) is 1. The third kappa shape index (κ3) is 2.97. The summed E-state index contributed by atoms with van der Waals surface area (Å²) >= 11 is 0. The first-order valence-electron chi connectivity index (χ1n) is 5.09. The maximum absolute atomic E-state index is 11.3. The van der Waals surface area contributed by atoms with E-state index in [1.54, 1.807) is 13.0 Å². The van der Waals surface area contributed by atoms with Crippen molar-refractivity contribution >= 4 is 12.0 Å². The Bertz CT molecular complexity index is 404. The SMILES string of the molecule is CNCC(C)=Cc1cc(C(=O)OC)c(C)o1. The van der Waals surface area contributed by atoms with Crippen molar-refractivity contribution in [1.82, 2.24) is 5.32 Å². The molecule has 88 valence electrons. The van der Waals surface area contributed by atoms with Gasteiger partial charge in [-0.2, -0.15) is 0 Å². The van der Waals surface area contributed by atoms with Gasteiger partial charge in [-0.25, -0.2) is 4.79 Å². The van der Waals surface area contributed by atoms with Gasteiger partial charge in [0.25, 0.3) is 0 Å². The molecule has 0 aliphatic heterocycles. The molecule has 0 aromatic carbocycles. The van der Waals surface area contributed by atoms with Crippen LogP contribution in [0.2, 0.25) is 0 Å². The topological polar surface area (TPSA) is 51.5 Å². The van der Waals surface area contributed by atoms with Gasteiger partial charge in [-0.1, -0.05) is 5.57 Å². The summed E-state index contributed by atoms with van der Waals surface area (Å²) in [6.07, 6.45) is 1.90. The van der Waals surface area contributed by atoms with Gasteiger partial charge in [-0.15, -0.1) is 0 Å². The zero-order chi connectivity index (χ0) is 12.1. The monoisotopic (exact) mass is 223 g/mol. The first-order chi connectivity index (χ1) is 7.58. The minimum absolute atomic E-state index is 0.368. The Morgan fingerprint density at radius 3 is 2.88 bits per heavy atom. The highest BCUT2D eigenvalue weighted by Gasteiger charge is 2.14. The van der Waals surface area contributed by atoms with Crippen LogP contribution in [0.4, 0.5) is 0 Å². The molecule has 0 unspecified atom stereocenters. The summed E-state index contributed by atoms with van der Waals surface area (Å²) in [5, 5.41) is 3.04. The molecular formula is C12H17NO3. The van der Waals surface area contributed by atoms with Crippen molar-refractivity contribution in [1.29, 1.82) is 0 Å². The van der Waals surface area contributed by atoms with Crippen LogP contribution in [-0.4, -0.2) is 26.7 Å². The fraction of sp³-hybridized carbons (Fsp3) is 0.417. The van der Waals surface area contributed by atoms with Gasteiger partial charge in [0.15, 0.2) is 0 Å². The molecule has 4 heteroatoms. The maximum Gasteiger partial charge on any atom is 0.341 e. The second-order valence-corrected chi connectivity index (χ2v) is 3.63. The summed E-state index contributed by atoms with van der Waals surface area (Å²) in [7, 11) is 3.24. The van der Waals surface area contributed by atoms with Crippen LogP contribution in [0.5, 0.6) is 0 Å². The van der Waals surface area contributed by atoms with E-state index in [9.17, 15) is 4.79 Å². The first kappa shape index (κ1) is 12.5. The van der Waals surface area contributed by atoms with Gasteiger partial charge < -0.3 is 14.5 Å². The number of methoxy groups -OCH3 is 1. The number of aryl methyl sites for hydroxylation is 1. The molecule has 4 nitrogen and oxygen atoms in total. The quantitative estimate of drug-likeness (QED) is 0.793. The normalized spacial score (nSPS) is 11.6.